The first-order valence-corrected chi connectivity index (χ1v) is 13.8. The lowest BCUT2D eigenvalue weighted by Crippen LogP contribution is -2.26. The molecule has 1 atom stereocenters. The lowest BCUT2D eigenvalue weighted by Gasteiger charge is -2.27. The zero-order valence-corrected chi connectivity index (χ0v) is 21.7. The van der Waals surface area contributed by atoms with Crippen LogP contribution in [0.2, 0.25) is 0 Å². The Labute approximate surface area is 211 Å². The number of ether oxygens (including phenoxy) is 1. The highest BCUT2D eigenvalue weighted by atomic mass is 16.5. The van der Waals surface area contributed by atoms with Crippen LogP contribution >= 0.6 is 0 Å². The van der Waals surface area contributed by atoms with Gasteiger partial charge < -0.3 is 10.1 Å². The van der Waals surface area contributed by atoms with Crippen molar-refractivity contribution >= 4 is 0 Å². The minimum atomic E-state index is 0.325. The summed E-state index contributed by atoms with van der Waals surface area (Å²) in [6, 6.07) is 18.2. The van der Waals surface area contributed by atoms with Gasteiger partial charge in [-0.25, -0.2) is 0 Å². The summed E-state index contributed by atoms with van der Waals surface area (Å²) in [7, 11) is 0. The minimum Gasteiger partial charge on any atom is -0.490 e. The molecule has 1 fully saturated rings. The molecule has 1 aromatic heterocycles. The van der Waals surface area contributed by atoms with E-state index in [-0.39, 0.29) is 0 Å². The van der Waals surface area contributed by atoms with E-state index in [1.807, 2.05) is 0 Å². The molecule has 0 radical (unpaired) electrons. The van der Waals surface area contributed by atoms with Crippen molar-refractivity contribution in [3.63, 3.8) is 0 Å². The fraction of sp³-hybridized carbons (Fsp3) is 0.469. The highest BCUT2D eigenvalue weighted by Gasteiger charge is 2.24. The van der Waals surface area contributed by atoms with E-state index in [2.05, 4.69) is 74.6 Å². The highest BCUT2D eigenvalue weighted by Crippen LogP contribution is 2.36. The molecule has 0 spiro atoms. The molecule has 1 N–H and O–H groups in total. The molecule has 5 rings (SSSR count). The van der Waals surface area contributed by atoms with Gasteiger partial charge in [-0.1, -0.05) is 56.3 Å². The second-order valence-electron chi connectivity index (χ2n) is 10.3. The van der Waals surface area contributed by atoms with E-state index in [0.29, 0.717) is 12.1 Å². The molecule has 3 heteroatoms. The zero-order chi connectivity index (χ0) is 24.2. The van der Waals surface area contributed by atoms with E-state index in [9.17, 15) is 0 Å². The lowest BCUT2D eigenvalue weighted by molar-refractivity contribution is 0.207. The quantitative estimate of drug-likeness (QED) is 0.368. The Morgan fingerprint density at radius 2 is 1.66 bits per heavy atom. The van der Waals surface area contributed by atoms with E-state index in [0.717, 1.165) is 49.4 Å². The van der Waals surface area contributed by atoms with Crippen LogP contribution in [0.5, 0.6) is 5.75 Å². The summed E-state index contributed by atoms with van der Waals surface area (Å²) in [5, 5.41) is 3.88. The van der Waals surface area contributed by atoms with Crippen LogP contribution in [0.4, 0.5) is 0 Å². The number of aromatic nitrogens is 1. The van der Waals surface area contributed by atoms with Gasteiger partial charge in [-0.15, -0.1) is 0 Å². The number of nitrogens with zero attached hydrogens (tertiary/aromatic N) is 1. The van der Waals surface area contributed by atoms with Crippen LogP contribution in [-0.4, -0.2) is 11.1 Å². The van der Waals surface area contributed by atoms with Crippen molar-refractivity contribution in [1.82, 2.24) is 10.3 Å². The molecular formula is C32H40N2O. The van der Waals surface area contributed by atoms with Crippen molar-refractivity contribution in [2.75, 3.05) is 0 Å². The molecule has 2 aliphatic carbocycles. The molecular weight excluding hydrogens is 428 g/mol. The summed E-state index contributed by atoms with van der Waals surface area (Å²) in [6.07, 6.45) is 10.8. The van der Waals surface area contributed by atoms with Gasteiger partial charge >= 0.3 is 0 Å². The fourth-order valence-electron chi connectivity index (χ4n) is 6.07. The molecule has 2 aliphatic rings. The molecule has 0 saturated heterocycles. The van der Waals surface area contributed by atoms with Crippen LogP contribution in [0.25, 0.3) is 11.3 Å². The lowest BCUT2D eigenvalue weighted by atomic mass is 9.87. The maximum Gasteiger partial charge on any atom is 0.128 e. The van der Waals surface area contributed by atoms with Crippen LogP contribution in [0.15, 0.2) is 48.5 Å². The number of pyridine rings is 1. The van der Waals surface area contributed by atoms with Crippen molar-refractivity contribution in [2.45, 2.75) is 97.2 Å². The van der Waals surface area contributed by atoms with Gasteiger partial charge in [0.05, 0.1) is 11.8 Å². The van der Waals surface area contributed by atoms with Gasteiger partial charge in [-0.2, -0.15) is 0 Å². The smallest absolute Gasteiger partial charge is 0.128 e. The zero-order valence-electron chi connectivity index (χ0n) is 21.7. The summed E-state index contributed by atoms with van der Waals surface area (Å²) in [5.74, 6) is 1.03. The first kappa shape index (κ1) is 24.1. The van der Waals surface area contributed by atoms with E-state index in [1.54, 1.807) is 0 Å². The Morgan fingerprint density at radius 3 is 2.40 bits per heavy atom. The van der Waals surface area contributed by atoms with E-state index in [4.69, 9.17) is 9.72 Å². The van der Waals surface area contributed by atoms with Crippen LogP contribution in [0.3, 0.4) is 0 Å². The second-order valence-corrected chi connectivity index (χ2v) is 10.3. The third-order valence-corrected chi connectivity index (χ3v) is 8.04. The molecule has 1 heterocycles. The van der Waals surface area contributed by atoms with Crippen molar-refractivity contribution in [3.05, 3.63) is 82.0 Å². The van der Waals surface area contributed by atoms with Gasteiger partial charge in [0.1, 0.15) is 5.75 Å². The van der Waals surface area contributed by atoms with Crippen molar-refractivity contribution in [1.29, 1.82) is 0 Å². The van der Waals surface area contributed by atoms with Gasteiger partial charge in [0.25, 0.3) is 0 Å². The maximum atomic E-state index is 6.73. The number of fused-ring (bicyclic) bond motifs is 1. The number of nitrogens with one attached hydrogen (secondary N) is 1. The predicted octanol–water partition coefficient (Wildman–Crippen LogP) is 7.67. The molecule has 0 unspecified atom stereocenters. The SMILES string of the molecule is CCc1cccc(CC)c1-c1cc(OC2CCCC2)c(CN[C@H]2CCCc3ccccc32)c(C)n1. The van der Waals surface area contributed by atoms with Crippen LogP contribution in [-0.2, 0) is 25.8 Å². The van der Waals surface area contributed by atoms with Gasteiger partial charge in [-0.3, -0.25) is 4.98 Å². The normalized spacial score (nSPS) is 18.0. The molecule has 1 saturated carbocycles. The first-order valence-electron chi connectivity index (χ1n) is 13.8. The number of hydrogen-bond acceptors (Lipinski definition) is 3. The highest BCUT2D eigenvalue weighted by molar-refractivity contribution is 5.70. The first-order chi connectivity index (χ1) is 17.2. The Balaban J connectivity index is 1.49. The average molecular weight is 469 g/mol. The van der Waals surface area contributed by atoms with Crippen molar-refractivity contribution in [2.24, 2.45) is 0 Å². The number of hydrogen-bond donors (Lipinski definition) is 1. The van der Waals surface area contributed by atoms with Gasteiger partial charge in [-0.05, 0) is 87.0 Å². The van der Waals surface area contributed by atoms with Crippen LogP contribution in [0, 0.1) is 6.92 Å². The number of rotatable bonds is 8. The molecule has 35 heavy (non-hydrogen) atoms. The molecule has 3 aromatic rings. The van der Waals surface area contributed by atoms with E-state index >= 15 is 0 Å². The summed E-state index contributed by atoms with van der Waals surface area (Å²) in [6.45, 7) is 7.43. The Hall–Kier alpha value is -2.65. The summed E-state index contributed by atoms with van der Waals surface area (Å²) >= 11 is 0. The topological polar surface area (TPSA) is 34.1 Å². The third-order valence-electron chi connectivity index (χ3n) is 8.04. The summed E-state index contributed by atoms with van der Waals surface area (Å²) in [4.78, 5) is 5.18. The molecule has 0 bridgehead atoms. The van der Waals surface area contributed by atoms with Crippen LogP contribution < -0.4 is 10.1 Å². The van der Waals surface area contributed by atoms with Gasteiger partial charge in [0, 0.05) is 35.5 Å². The minimum absolute atomic E-state index is 0.325. The molecule has 0 amide bonds. The number of aryl methyl sites for hydroxylation is 4. The van der Waals surface area contributed by atoms with Gasteiger partial charge in [0.15, 0.2) is 0 Å². The largest absolute Gasteiger partial charge is 0.490 e. The monoisotopic (exact) mass is 468 g/mol. The molecule has 2 aromatic carbocycles. The van der Waals surface area contributed by atoms with E-state index < -0.39 is 0 Å². The van der Waals surface area contributed by atoms with Crippen molar-refractivity contribution in [3.8, 4) is 17.0 Å². The summed E-state index contributed by atoms with van der Waals surface area (Å²) in [5.41, 5.74) is 10.4. The third kappa shape index (κ3) is 5.16. The Kier molecular flexibility index (Phi) is 7.53. The molecule has 0 aliphatic heterocycles. The van der Waals surface area contributed by atoms with Gasteiger partial charge in [0.2, 0.25) is 0 Å². The standard InChI is InChI=1S/C32H40N2O/c1-4-23-13-10-14-24(5-2)32(23)30-20-31(35-26-16-7-8-17-26)28(22(3)34-30)21-33-29-19-11-15-25-12-6-9-18-27(25)29/h6,9-10,12-14,18,20,26,29,33H,4-5,7-8,11,15-17,19,21H2,1-3H3/t29-/m0/s1. The summed E-state index contributed by atoms with van der Waals surface area (Å²) < 4.78 is 6.73. The fourth-order valence-corrected chi connectivity index (χ4v) is 6.07. The van der Waals surface area contributed by atoms with E-state index in [1.165, 1.54) is 65.5 Å². The molecule has 3 nitrogen and oxygen atoms in total. The number of benzene rings is 2. The van der Waals surface area contributed by atoms with Crippen molar-refractivity contribution < 1.29 is 4.74 Å². The average Bonchev–Trinajstić information content (AvgIpc) is 3.40. The Morgan fingerprint density at radius 1 is 0.914 bits per heavy atom. The Bertz CT molecular complexity index is 1140. The predicted molar refractivity (Wildman–Crippen MR) is 145 cm³/mol. The molecule has 184 valence electrons. The van der Waals surface area contributed by atoms with Crippen LogP contribution in [0.1, 0.15) is 91.9 Å². The second kappa shape index (κ2) is 11.0. The maximum absolute atomic E-state index is 6.73.